The maximum Gasteiger partial charge on any atom is 0.322 e. The van der Waals surface area contributed by atoms with Crippen LogP contribution in [0.1, 0.15) is 18.3 Å². The normalized spacial score (nSPS) is 12.6. The average Bonchev–Trinajstić information content (AvgIpc) is 2.27. The Morgan fingerprint density at radius 2 is 2.25 bits per heavy atom. The molecule has 4 heteroatoms. The fourth-order valence-electron chi connectivity index (χ4n) is 1.43. The van der Waals surface area contributed by atoms with Crippen molar-refractivity contribution >= 4 is 5.97 Å². The summed E-state index contributed by atoms with van der Waals surface area (Å²) < 4.78 is 4.69. The Morgan fingerprint density at radius 3 is 2.81 bits per heavy atom. The molecule has 0 aliphatic heterocycles. The number of carbonyl (C=O) groups excluding carboxylic acids is 1. The van der Waals surface area contributed by atoms with Gasteiger partial charge in [-0.25, -0.2) is 0 Å². The van der Waals surface area contributed by atoms with Crippen LogP contribution in [0.5, 0.6) is 0 Å². The van der Waals surface area contributed by atoms with Gasteiger partial charge in [-0.2, -0.15) is 0 Å². The minimum Gasteiger partial charge on any atom is -0.468 e. The van der Waals surface area contributed by atoms with Gasteiger partial charge in [0, 0.05) is 12.2 Å². The van der Waals surface area contributed by atoms with Crippen LogP contribution in [0, 0.1) is 6.92 Å². The summed E-state index contributed by atoms with van der Waals surface area (Å²) in [6.07, 6.45) is 0. The Labute approximate surface area is 96.2 Å². The van der Waals surface area contributed by atoms with Crippen molar-refractivity contribution in [3.8, 4) is 0 Å². The van der Waals surface area contributed by atoms with Crippen molar-refractivity contribution < 1.29 is 9.53 Å². The Balaban J connectivity index is 2.64. The maximum absolute atomic E-state index is 11.3. The topological polar surface area (TPSA) is 42.4 Å². The molecule has 1 aromatic rings. The van der Waals surface area contributed by atoms with E-state index in [1.165, 1.54) is 7.11 Å². The van der Waals surface area contributed by atoms with E-state index in [0.717, 1.165) is 11.4 Å². The van der Waals surface area contributed by atoms with Gasteiger partial charge in [0.1, 0.15) is 6.04 Å². The third kappa shape index (κ3) is 3.31. The van der Waals surface area contributed by atoms with E-state index in [-0.39, 0.29) is 12.0 Å². The zero-order valence-corrected chi connectivity index (χ0v) is 10.2. The summed E-state index contributed by atoms with van der Waals surface area (Å²) in [6, 6.07) is 5.61. The molecule has 0 saturated heterocycles. The zero-order chi connectivity index (χ0) is 12.1. The van der Waals surface area contributed by atoms with Crippen molar-refractivity contribution in [2.75, 3.05) is 14.2 Å². The van der Waals surface area contributed by atoms with Crippen molar-refractivity contribution in [1.82, 2.24) is 9.88 Å². The molecule has 0 aromatic carbocycles. The molecule has 0 radical (unpaired) electrons. The van der Waals surface area contributed by atoms with Gasteiger partial charge < -0.3 is 4.74 Å². The molecule has 0 saturated carbocycles. The van der Waals surface area contributed by atoms with Crippen LogP contribution in [0.2, 0.25) is 0 Å². The van der Waals surface area contributed by atoms with E-state index in [1.54, 1.807) is 0 Å². The average molecular weight is 222 g/mol. The Kier molecular flexibility index (Phi) is 4.43. The Bertz CT molecular complexity index is 366. The largest absolute Gasteiger partial charge is 0.468 e. The number of hydrogen-bond acceptors (Lipinski definition) is 4. The minimum atomic E-state index is -0.257. The lowest BCUT2D eigenvalue weighted by atomic mass is 10.2. The molecule has 1 heterocycles. The molecule has 0 aliphatic rings. The van der Waals surface area contributed by atoms with Gasteiger partial charge in [-0.1, -0.05) is 6.07 Å². The highest BCUT2D eigenvalue weighted by Crippen LogP contribution is 2.05. The summed E-state index contributed by atoms with van der Waals surface area (Å²) in [5.41, 5.74) is 1.94. The van der Waals surface area contributed by atoms with E-state index >= 15 is 0 Å². The third-order valence-corrected chi connectivity index (χ3v) is 2.56. The second kappa shape index (κ2) is 5.61. The fourth-order valence-corrected chi connectivity index (χ4v) is 1.43. The Morgan fingerprint density at radius 1 is 1.56 bits per heavy atom. The predicted molar refractivity (Wildman–Crippen MR) is 61.9 cm³/mol. The van der Waals surface area contributed by atoms with Crippen LogP contribution < -0.4 is 0 Å². The molecule has 4 nitrogen and oxygen atoms in total. The van der Waals surface area contributed by atoms with E-state index in [0.29, 0.717) is 6.54 Å². The first-order chi connectivity index (χ1) is 7.54. The van der Waals surface area contributed by atoms with E-state index in [9.17, 15) is 4.79 Å². The number of pyridine rings is 1. The minimum absolute atomic E-state index is 0.227. The molecule has 88 valence electrons. The summed E-state index contributed by atoms with van der Waals surface area (Å²) in [5.74, 6) is -0.227. The monoisotopic (exact) mass is 222 g/mol. The first-order valence-corrected chi connectivity index (χ1v) is 5.25. The Hall–Kier alpha value is -1.42. The van der Waals surface area contributed by atoms with Crippen molar-refractivity contribution in [3.63, 3.8) is 0 Å². The van der Waals surface area contributed by atoms with E-state index in [2.05, 4.69) is 4.98 Å². The van der Waals surface area contributed by atoms with Gasteiger partial charge in [0.15, 0.2) is 0 Å². The van der Waals surface area contributed by atoms with Crippen molar-refractivity contribution in [2.45, 2.75) is 26.4 Å². The highest BCUT2D eigenvalue weighted by molar-refractivity contribution is 5.75. The molecular weight excluding hydrogens is 204 g/mol. The number of methoxy groups -OCH3 is 1. The molecule has 16 heavy (non-hydrogen) atoms. The summed E-state index contributed by atoms with van der Waals surface area (Å²) in [5, 5.41) is 0. The third-order valence-electron chi connectivity index (χ3n) is 2.56. The molecule has 0 N–H and O–H groups in total. The quantitative estimate of drug-likeness (QED) is 0.722. The summed E-state index contributed by atoms with van der Waals surface area (Å²) in [6.45, 7) is 4.41. The van der Waals surface area contributed by atoms with Gasteiger partial charge in [0.2, 0.25) is 0 Å². The molecule has 1 rings (SSSR count). The fraction of sp³-hybridized carbons (Fsp3) is 0.500. The lowest BCUT2D eigenvalue weighted by Gasteiger charge is -2.21. The summed E-state index contributed by atoms with van der Waals surface area (Å²) in [4.78, 5) is 17.6. The van der Waals surface area contributed by atoms with Crippen LogP contribution >= 0.6 is 0 Å². The van der Waals surface area contributed by atoms with Crippen molar-refractivity contribution in [1.29, 1.82) is 0 Å². The smallest absolute Gasteiger partial charge is 0.322 e. The van der Waals surface area contributed by atoms with Crippen LogP contribution in [0.4, 0.5) is 0 Å². The van der Waals surface area contributed by atoms with E-state index in [4.69, 9.17) is 4.74 Å². The number of hydrogen-bond donors (Lipinski definition) is 0. The zero-order valence-electron chi connectivity index (χ0n) is 10.2. The van der Waals surface area contributed by atoms with Crippen LogP contribution in [0.3, 0.4) is 0 Å². The number of rotatable bonds is 4. The van der Waals surface area contributed by atoms with Gasteiger partial charge in [-0.05, 0) is 33.0 Å². The first-order valence-electron chi connectivity index (χ1n) is 5.25. The van der Waals surface area contributed by atoms with Gasteiger partial charge >= 0.3 is 5.97 Å². The van der Waals surface area contributed by atoms with Crippen LogP contribution in [-0.2, 0) is 16.1 Å². The van der Waals surface area contributed by atoms with Gasteiger partial charge in [0.25, 0.3) is 0 Å². The number of likely N-dealkylation sites (N-methyl/N-ethyl adjacent to an activating group) is 1. The lowest BCUT2D eigenvalue weighted by Crippen LogP contribution is -2.36. The lowest BCUT2D eigenvalue weighted by molar-refractivity contribution is -0.145. The second-order valence-electron chi connectivity index (χ2n) is 3.88. The first kappa shape index (κ1) is 12.6. The molecular formula is C12H18N2O2. The molecule has 0 aliphatic carbocycles. The highest BCUT2D eigenvalue weighted by atomic mass is 16.5. The standard InChI is InChI=1S/C12H18N2O2/c1-9-6-5-7-11(13-9)8-14(3)10(2)12(15)16-4/h5-7,10H,8H2,1-4H3. The molecule has 0 spiro atoms. The number of aromatic nitrogens is 1. The highest BCUT2D eigenvalue weighted by Gasteiger charge is 2.18. The molecule has 1 aromatic heterocycles. The summed E-state index contributed by atoms with van der Waals surface area (Å²) in [7, 11) is 3.28. The van der Waals surface area contributed by atoms with Gasteiger partial charge in [0.05, 0.1) is 12.8 Å². The predicted octanol–water partition coefficient (Wildman–Crippen LogP) is 1.38. The number of esters is 1. The van der Waals surface area contributed by atoms with Crippen molar-refractivity contribution in [3.05, 3.63) is 29.6 Å². The van der Waals surface area contributed by atoms with E-state index < -0.39 is 0 Å². The molecule has 0 fully saturated rings. The van der Waals surface area contributed by atoms with Gasteiger partial charge in [-0.15, -0.1) is 0 Å². The van der Waals surface area contributed by atoms with Crippen LogP contribution in [-0.4, -0.2) is 36.1 Å². The molecule has 0 amide bonds. The second-order valence-corrected chi connectivity index (χ2v) is 3.88. The number of ether oxygens (including phenoxy) is 1. The number of nitrogens with zero attached hydrogens (tertiary/aromatic N) is 2. The van der Waals surface area contributed by atoms with E-state index in [1.807, 2.05) is 44.0 Å². The van der Waals surface area contributed by atoms with Crippen molar-refractivity contribution in [2.24, 2.45) is 0 Å². The maximum atomic E-state index is 11.3. The number of carbonyl (C=O) groups is 1. The molecule has 1 unspecified atom stereocenters. The SMILES string of the molecule is COC(=O)C(C)N(C)Cc1cccc(C)n1. The molecule has 1 atom stereocenters. The van der Waals surface area contributed by atoms with Crippen LogP contribution in [0.15, 0.2) is 18.2 Å². The summed E-state index contributed by atoms with van der Waals surface area (Å²) >= 11 is 0. The van der Waals surface area contributed by atoms with Crippen LogP contribution in [0.25, 0.3) is 0 Å². The van der Waals surface area contributed by atoms with Gasteiger partial charge in [-0.3, -0.25) is 14.7 Å². The number of aryl methyl sites for hydroxylation is 1. The molecule has 0 bridgehead atoms.